The Morgan fingerprint density at radius 2 is 1.62 bits per heavy atom. The van der Waals surface area contributed by atoms with Crippen molar-refractivity contribution >= 4 is 35.7 Å². The maximum atomic E-state index is 12.6. The maximum absolute atomic E-state index is 12.6. The minimum atomic E-state index is -0.153. The molecule has 1 heterocycles. The second kappa shape index (κ2) is 11.0. The number of hydrogen-bond donors (Lipinski definition) is 0. The highest BCUT2D eigenvalue weighted by Gasteiger charge is 2.28. The lowest BCUT2D eigenvalue weighted by atomic mass is 10.0. The number of carbonyl (C=O) groups excluding carboxylic acids is 2. The third-order valence-electron chi connectivity index (χ3n) is 5.85. The van der Waals surface area contributed by atoms with Crippen LogP contribution >= 0.6 is 24.0 Å². The van der Waals surface area contributed by atoms with E-state index in [0.29, 0.717) is 28.1 Å². The summed E-state index contributed by atoms with van der Waals surface area (Å²) >= 11 is 6.14. The average Bonchev–Trinajstić information content (AvgIpc) is 3.26. The molecule has 0 bridgehead atoms. The molecule has 1 saturated heterocycles. The average molecular weight is 445 g/mol. The van der Waals surface area contributed by atoms with Gasteiger partial charge >= 0.3 is 0 Å². The second-order valence-electron chi connectivity index (χ2n) is 7.47. The van der Waals surface area contributed by atoms with Gasteiger partial charge in [-0.2, -0.15) is 0 Å². The Hall–Kier alpha value is -1.50. The molecule has 1 aliphatic heterocycles. The fraction of sp³-hybridized carbons (Fsp3) is 0.619. The molecule has 2 fully saturated rings. The molecule has 2 aliphatic rings. The lowest BCUT2D eigenvalue weighted by Crippen LogP contribution is -2.51. The molecule has 0 aromatic heterocycles. The van der Waals surface area contributed by atoms with Crippen LogP contribution in [0.3, 0.4) is 0 Å². The number of carbonyl (C=O) groups is 2. The summed E-state index contributed by atoms with van der Waals surface area (Å²) in [6.45, 7) is 3.38. The summed E-state index contributed by atoms with van der Waals surface area (Å²) in [5.74, 6) is 0.743. The number of benzene rings is 1. The first-order valence-electron chi connectivity index (χ1n) is 10.00. The SMILES string of the molecule is COc1cc(OC)c(C(=O)CCC(=O)N2CCN(C3CCCC3)CC2)cc1Cl.Cl. The number of halogens is 2. The molecule has 8 heteroatoms. The topological polar surface area (TPSA) is 59.1 Å². The predicted octanol–water partition coefficient (Wildman–Crippen LogP) is 3.83. The van der Waals surface area contributed by atoms with Gasteiger partial charge in [-0.1, -0.05) is 24.4 Å². The summed E-state index contributed by atoms with van der Waals surface area (Å²) in [6, 6.07) is 3.84. The van der Waals surface area contributed by atoms with Gasteiger partial charge in [0.2, 0.25) is 5.91 Å². The van der Waals surface area contributed by atoms with Crippen LogP contribution in [0.15, 0.2) is 12.1 Å². The third-order valence-corrected chi connectivity index (χ3v) is 6.14. The Bertz CT molecular complexity index is 715. The van der Waals surface area contributed by atoms with Crippen LogP contribution in [0.4, 0.5) is 0 Å². The summed E-state index contributed by atoms with van der Waals surface area (Å²) in [5, 5.41) is 0.348. The van der Waals surface area contributed by atoms with E-state index in [4.69, 9.17) is 21.1 Å². The number of Topliss-reactive ketones (excluding diaryl/α,β-unsaturated/α-hetero) is 1. The Morgan fingerprint density at radius 1 is 1.00 bits per heavy atom. The van der Waals surface area contributed by atoms with Crippen molar-refractivity contribution in [2.45, 2.75) is 44.6 Å². The molecular formula is C21H30Cl2N2O4. The van der Waals surface area contributed by atoms with Crippen LogP contribution in [-0.4, -0.2) is 67.9 Å². The standard InChI is InChI=1S/C21H29ClN2O4.ClH/c1-27-19-14-20(28-2)17(22)13-16(19)18(25)7-8-21(26)24-11-9-23(10-12-24)15-5-3-4-6-15;/h13-15H,3-12H2,1-2H3;1H. The van der Waals surface area contributed by atoms with Crippen LogP contribution in [0.1, 0.15) is 48.9 Å². The van der Waals surface area contributed by atoms with Gasteiger partial charge in [0.05, 0.1) is 24.8 Å². The van der Waals surface area contributed by atoms with Crippen molar-refractivity contribution in [3.05, 3.63) is 22.7 Å². The van der Waals surface area contributed by atoms with E-state index in [-0.39, 0.29) is 36.9 Å². The molecule has 1 aliphatic carbocycles. The van der Waals surface area contributed by atoms with Crippen LogP contribution in [0.5, 0.6) is 11.5 Å². The lowest BCUT2D eigenvalue weighted by molar-refractivity contribution is -0.133. The molecule has 0 atom stereocenters. The molecule has 3 rings (SSSR count). The molecule has 0 radical (unpaired) electrons. The first-order chi connectivity index (χ1) is 13.5. The zero-order valence-corrected chi connectivity index (χ0v) is 18.7. The molecule has 0 spiro atoms. The van der Waals surface area contributed by atoms with Gasteiger partial charge in [-0.3, -0.25) is 14.5 Å². The van der Waals surface area contributed by atoms with Crippen LogP contribution in [-0.2, 0) is 4.79 Å². The zero-order chi connectivity index (χ0) is 20.1. The summed E-state index contributed by atoms with van der Waals surface area (Å²) < 4.78 is 10.4. The highest BCUT2D eigenvalue weighted by atomic mass is 35.5. The summed E-state index contributed by atoms with van der Waals surface area (Å²) in [5.41, 5.74) is 0.382. The number of ketones is 1. The Labute approximate surface area is 183 Å². The van der Waals surface area contributed by atoms with E-state index < -0.39 is 0 Å². The molecule has 1 aromatic rings. The van der Waals surface area contributed by atoms with Gasteiger partial charge in [0.15, 0.2) is 5.78 Å². The molecule has 29 heavy (non-hydrogen) atoms. The van der Waals surface area contributed by atoms with Gasteiger partial charge in [-0.05, 0) is 18.9 Å². The van der Waals surface area contributed by atoms with Crippen molar-refractivity contribution in [2.75, 3.05) is 40.4 Å². The van der Waals surface area contributed by atoms with Crippen molar-refractivity contribution in [2.24, 2.45) is 0 Å². The quantitative estimate of drug-likeness (QED) is 0.598. The molecule has 1 saturated carbocycles. The van der Waals surface area contributed by atoms with Crippen LogP contribution in [0.25, 0.3) is 0 Å². The smallest absolute Gasteiger partial charge is 0.223 e. The molecule has 0 unspecified atom stereocenters. The molecule has 1 aromatic carbocycles. The molecule has 1 amide bonds. The van der Waals surface area contributed by atoms with Crippen molar-refractivity contribution in [1.82, 2.24) is 9.80 Å². The van der Waals surface area contributed by atoms with Crippen LogP contribution in [0.2, 0.25) is 5.02 Å². The van der Waals surface area contributed by atoms with Gasteiger partial charge in [-0.15, -0.1) is 12.4 Å². The van der Waals surface area contributed by atoms with E-state index in [2.05, 4.69) is 4.90 Å². The lowest BCUT2D eigenvalue weighted by Gasteiger charge is -2.38. The Morgan fingerprint density at radius 3 is 2.21 bits per heavy atom. The monoisotopic (exact) mass is 444 g/mol. The van der Waals surface area contributed by atoms with Gasteiger partial charge in [-0.25, -0.2) is 0 Å². The maximum Gasteiger partial charge on any atom is 0.223 e. The molecule has 162 valence electrons. The van der Waals surface area contributed by atoms with Gasteiger partial charge in [0, 0.05) is 51.1 Å². The van der Waals surface area contributed by atoms with Gasteiger partial charge < -0.3 is 14.4 Å². The Kier molecular flexibility index (Phi) is 9.05. The first kappa shape index (κ1) is 23.8. The van der Waals surface area contributed by atoms with Crippen molar-refractivity contribution in [3.8, 4) is 11.5 Å². The largest absolute Gasteiger partial charge is 0.496 e. The highest BCUT2D eigenvalue weighted by molar-refractivity contribution is 6.32. The number of methoxy groups -OCH3 is 2. The fourth-order valence-corrected chi connectivity index (χ4v) is 4.44. The molecule has 0 N–H and O–H groups in total. The molecule has 6 nitrogen and oxygen atoms in total. The van der Waals surface area contributed by atoms with E-state index in [1.807, 2.05) is 4.90 Å². The first-order valence-corrected chi connectivity index (χ1v) is 10.4. The van der Waals surface area contributed by atoms with Crippen molar-refractivity contribution in [1.29, 1.82) is 0 Å². The van der Waals surface area contributed by atoms with E-state index in [1.165, 1.54) is 39.9 Å². The number of piperazine rings is 1. The van der Waals surface area contributed by atoms with E-state index in [0.717, 1.165) is 26.2 Å². The zero-order valence-electron chi connectivity index (χ0n) is 17.1. The highest BCUT2D eigenvalue weighted by Crippen LogP contribution is 2.33. The van der Waals surface area contributed by atoms with E-state index in [1.54, 1.807) is 12.1 Å². The van der Waals surface area contributed by atoms with Gasteiger partial charge in [0.1, 0.15) is 11.5 Å². The van der Waals surface area contributed by atoms with E-state index in [9.17, 15) is 9.59 Å². The number of amides is 1. The summed E-state index contributed by atoms with van der Waals surface area (Å²) in [7, 11) is 3.00. The number of nitrogens with zero attached hydrogens (tertiary/aromatic N) is 2. The van der Waals surface area contributed by atoms with Crippen LogP contribution in [0, 0.1) is 0 Å². The molecular weight excluding hydrogens is 415 g/mol. The minimum absolute atomic E-state index is 0. The summed E-state index contributed by atoms with van der Waals surface area (Å²) in [6.07, 6.45) is 5.56. The predicted molar refractivity (Wildman–Crippen MR) is 116 cm³/mol. The Balaban J connectivity index is 0.00000300. The van der Waals surface area contributed by atoms with E-state index >= 15 is 0 Å². The number of rotatable bonds is 7. The van der Waals surface area contributed by atoms with Gasteiger partial charge in [0.25, 0.3) is 0 Å². The third kappa shape index (κ3) is 5.77. The van der Waals surface area contributed by atoms with Crippen LogP contribution < -0.4 is 9.47 Å². The normalized spacial score (nSPS) is 17.7. The second-order valence-corrected chi connectivity index (χ2v) is 7.87. The van der Waals surface area contributed by atoms with Crippen molar-refractivity contribution in [3.63, 3.8) is 0 Å². The number of hydrogen-bond acceptors (Lipinski definition) is 5. The fourth-order valence-electron chi connectivity index (χ4n) is 4.20. The minimum Gasteiger partial charge on any atom is -0.496 e. The number of ether oxygens (including phenoxy) is 2. The summed E-state index contributed by atoms with van der Waals surface area (Å²) in [4.78, 5) is 29.6. The van der Waals surface area contributed by atoms with Crippen molar-refractivity contribution < 1.29 is 19.1 Å².